The highest BCUT2D eigenvalue weighted by Gasteiger charge is 2.14. The predicted molar refractivity (Wildman–Crippen MR) is 73.7 cm³/mol. The van der Waals surface area contributed by atoms with Gasteiger partial charge in [0.05, 0.1) is 11.6 Å². The van der Waals surface area contributed by atoms with Crippen LogP contribution in [-0.4, -0.2) is 17.2 Å². The molecule has 1 aromatic heterocycles. The molecule has 4 heteroatoms. The van der Waals surface area contributed by atoms with Crippen molar-refractivity contribution in [1.29, 1.82) is 0 Å². The molecule has 94 valence electrons. The Morgan fingerprint density at radius 2 is 2.11 bits per heavy atom. The average molecular weight is 308 g/mol. The fraction of sp³-hybridized carbons (Fsp3) is 0.214. The number of nitrogens with zero attached hydrogens (tertiary/aromatic N) is 1. The van der Waals surface area contributed by atoms with Crippen molar-refractivity contribution < 1.29 is 9.84 Å². The molecule has 0 amide bonds. The molecule has 1 N–H and O–H groups in total. The minimum absolute atomic E-state index is 0.680. The Hall–Kier alpha value is -1.39. The van der Waals surface area contributed by atoms with Crippen LogP contribution in [0.3, 0.4) is 0 Å². The molecule has 0 aliphatic heterocycles. The highest BCUT2D eigenvalue weighted by Crippen LogP contribution is 2.31. The molecule has 0 saturated heterocycles. The number of methoxy groups -OCH3 is 1. The molecule has 0 spiro atoms. The van der Waals surface area contributed by atoms with Crippen LogP contribution in [0.1, 0.15) is 22.8 Å². The molecule has 0 bridgehead atoms. The summed E-state index contributed by atoms with van der Waals surface area (Å²) in [6, 6.07) is 7.42. The van der Waals surface area contributed by atoms with E-state index in [4.69, 9.17) is 4.74 Å². The van der Waals surface area contributed by atoms with Gasteiger partial charge in [0.2, 0.25) is 0 Å². The summed E-state index contributed by atoms with van der Waals surface area (Å²) in [7, 11) is 1.61. The molecular weight excluding hydrogens is 294 g/mol. The summed E-state index contributed by atoms with van der Waals surface area (Å²) in [5.74, 6) is 0.744. The third-order valence-electron chi connectivity index (χ3n) is 2.87. The van der Waals surface area contributed by atoms with Crippen LogP contribution in [0.2, 0.25) is 0 Å². The first-order valence-electron chi connectivity index (χ1n) is 5.55. The second-order valence-corrected chi connectivity index (χ2v) is 4.88. The molecule has 0 fully saturated rings. The quantitative estimate of drug-likeness (QED) is 0.946. The maximum Gasteiger partial charge on any atom is 0.133 e. The number of ether oxygens (including phenoxy) is 1. The molecule has 18 heavy (non-hydrogen) atoms. The van der Waals surface area contributed by atoms with Crippen molar-refractivity contribution in [2.45, 2.75) is 13.0 Å². The van der Waals surface area contributed by atoms with Gasteiger partial charge in [-0.25, -0.2) is 0 Å². The number of hydrogen-bond acceptors (Lipinski definition) is 3. The Bertz CT molecular complexity index is 557. The third-order valence-corrected chi connectivity index (χ3v) is 3.49. The van der Waals surface area contributed by atoms with Gasteiger partial charge < -0.3 is 9.84 Å². The number of aliphatic hydroxyl groups excluding tert-OH is 1. The molecule has 0 saturated carbocycles. The lowest BCUT2D eigenvalue weighted by Gasteiger charge is -2.14. The topological polar surface area (TPSA) is 42.4 Å². The standard InChI is InChI=1S/C14H14BrNO2/c1-9-5-6-16-8-11(9)14(17)10-3-4-13(18-2)12(15)7-10/h3-8,14,17H,1-2H3. The zero-order valence-electron chi connectivity index (χ0n) is 10.2. The molecule has 2 rings (SSSR count). The van der Waals surface area contributed by atoms with E-state index in [0.717, 1.165) is 26.9 Å². The van der Waals surface area contributed by atoms with Crippen LogP contribution in [0.25, 0.3) is 0 Å². The van der Waals surface area contributed by atoms with E-state index in [0.29, 0.717) is 0 Å². The van der Waals surface area contributed by atoms with Crippen molar-refractivity contribution in [2.24, 2.45) is 0 Å². The number of aromatic nitrogens is 1. The van der Waals surface area contributed by atoms with Gasteiger partial charge in [-0.3, -0.25) is 4.98 Å². The van der Waals surface area contributed by atoms with Crippen molar-refractivity contribution in [3.8, 4) is 5.75 Å². The first-order chi connectivity index (χ1) is 8.63. The van der Waals surface area contributed by atoms with E-state index in [2.05, 4.69) is 20.9 Å². The maximum atomic E-state index is 10.4. The van der Waals surface area contributed by atoms with Crippen molar-refractivity contribution in [3.63, 3.8) is 0 Å². The van der Waals surface area contributed by atoms with Crippen LogP contribution < -0.4 is 4.74 Å². The van der Waals surface area contributed by atoms with Gasteiger partial charge in [-0.2, -0.15) is 0 Å². The van der Waals surface area contributed by atoms with E-state index < -0.39 is 6.10 Å². The molecule has 1 heterocycles. The van der Waals surface area contributed by atoms with Gasteiger partial charge in [0.25, 0.3) is 0 Å². The number of aryl methyl sites for hydroxylation is 1. The van der Waals surface area contributed by atoms with Crippen LogP contribution in [0.15, 0.2) is 41.1 Å². The number of pyridine rings is 1. The average Bonchev–Trinajstić information content (AvgIpc) is 2.38. The minimum Gasteiger partial charge on any atom is -0.496 e. The van der Waals surface area contributed by atoms with Crippen molar-refractivity contribution in [2.75, 3.05) is 7.11 Å². The van der Waals surface area contributed by atoms with Gasteiger partial charge in [-0.05, 0) is 52.2 Å². The molecule has 0 radical (unpaired) electrons. The Kier molecular flexibility index (Phi) is 3.99. The summed E-state index contributed by atoms with van der Waals surface area (Å²) < 4.78 is 5.99. The third kappa shape index (κ3) is 2.54. The molecule has 0 aliphatic rings. The number of rotatable bonds is 3. The van der Waals surface area contributed by atoms with Gasteiger partial charge in [0, 0.05) is 18.0 Å². The summed E-state index contributed by atoms with van der Waals surface area (Å²) in [4.78, 5) is 4.05. The Morgan fingerprint density at radius 3 is 2.72 bits per heavy atom. The maximum absolute atomic E-state index is 10.4. The van der Waals surface area contributed by atoms with Gasteiger partial charge >= 0.3 is 0 Å². The lowest BCUT2D eigenvalue weighted by atomic mass is 9.99. The fourth-order valence-electron chi connectivity index (χ4n) is 1.79. The highest BCUT2D eigenvalue weighted by atomic mass is 79.9. The van der Waals surface area contributed by atoms with E-state index in [1.807, 2.05) is 31.2 Å². The minimum atomic E-state index is -0.680. The number of aliphatic hydroxyl groups is 1. The first-order valence-corrected chi connectivity index (χ1v) is 6.35. The predicted octanol–water partition coefficient (Wildman–Crippen LogP) is 3.24. The monoisotopic (exact) mass is 307 g/mol. The summed E-state index contributed by atoms with van der Waals surface area (Å²) >= 11 is 3.41. The van der Waals surface area contributed by atoms with E-state index in [1.165, 1.54) is 0 Å². The lowest BCUT2D eigenvalue weighted by Crippen LogP contribution is -2.02. The molecule has 0 aliphatic carbocycles. The lowest BCUT2D eigenvalue weighted by molar-refractivity contribution is 0.219. The van der Waals surface area contributed by atoms with E-state index in [9.17, 15) is 5.11 Å². The Balaban J connectivity index is 2.37. The highest BCUT2D eigenvalue weighted by molar-refractivity contribution is 9.10. The van der Waals surface area contributed by atoms with E-state index >= 15 is 0 Å². The summed E-state index contributed by atoms with van der Waals surface area (Å²) in [5, 5.41) is 10.4. The van der Waals surface area contributed by atoms with E-state index in [1.54, 1.807) is 19.5 Å². The normalized spacial score (nSPS) is 12.2. The van der Waals surface area contributed by atoms with Crippen LogP contribution in [0.5, 0.6) is 5.75 Å². The van der Waals surface area contributed by atoms with Crippen LogP contribution in [-0.2, 0) is 0 Å². The van der Waals surface area contributed by atoms with Crippen LogP contribution in [0.4, 0.5) is 0 Å². The van der Waals surface area contributed by atoms with Crippen LogP contribution in [0, 0.1) is 6.92 Å². The molecule has 1 atom stereocenters. The second kappa shape index (κ2) is 5.50. The molecule has 1 unspecified atom stereocenters. The van der Waals surface area contributed by atoms with Gasteiger partial charge in [-0.1, -0.05) is 6.07 Å². The van der Waals surface area contributed by atoms with Crippen molar-refractivity contribution >= 4 is 15.9 Å². The first kappa shape index (κ1) is 13.1. The Morgan fingerprint density at radius 1 is 1.33 bits per heavy atom. The van der Waals surface area contributed by atoms with Crippen molar-refractivity contribution in [3.05, 3.63) is 57.8 Å². The zero-order valence-corrected chi connectivity index (χ0v) is 11.8. The summed E-state index contributed by atoms with van der Waals surface area (Å²) in [6.07, 6.45) is 2.73. The summed E-state index contributed by atoms with van der Waals surface area (Å²) in [6.45, 7) is 1.96. The molecule has 2 aromatic rings. The van der Waals surface area contributed by atoms with Crippen LogP contribution >= 0.6 is 15.9 Å². The van der Waals surface area contributed by atoms with Crippen molar-refractivity contribution in [1.82, 2.24) is 4.98 Å². The largest absolute Gasteiger partial charge is 0.496 e. The zero-order chi connectivity index (χ0) is 13.1. The molecule has 1 aromatic carbocycles. The summed E-state index contributed by atoms with van der Waals surface area (Å²) in [5.41, 5.74) is 2.64. The molecule has 3 nitrogen and oxygen atoms in total. The number of benzene rings is 1. The fourth-order valence-corrected chi connectivity index (χ4v) is 2.35. The Labute approximate surface area is 115 Å². The number of hydrogen-bond donors (Lipinski definition) is 1. The smallest absolute Gasteiger partial charge is 0.133 e. The second-order valence-electron chi connectivity index (χ2n) is 4.03. The van der Waals surface area contributed by atoms with E-state index in [-0.39, 0.29) is 0 Å². The van der Waals surface area contributed by atoms with Gasteiger partial charge in [-0.15, -0.1) is 0 Å². The van der Waals surface area contributed by atoms with Gasteiger partial charge in [0.15, 0.2) is 0 Å². The molecular formula is C14H14BrNO2. The SMILES string of the molecule is COc1ccc(C(O)c2cnccc2C)cc1Br. The number of halogens is 1. The van der Waals surface area contributed by atoms with Gasteiger partial charge in [0.1, 0.15) is 11.9 Å².